The highest BCUT2D eigenvalue weighted by molar-refractivity contribution is 5.98. The van der Waals surface area contributed by atoms with E-state index < -0.39 is 0 Å². The number of nitrogens with two attached hydrogens (primary N) is 1. The summed E-state index contributed by atoms with van der Waals surface area (Å²) in [5.74, 6) is 2.89. The zero-order valence-corrected chi connectivity index (χ0v) is 19.9. The molecule has 4 rings (SSSR count). The number of piperidine rings is 1. The van der Waals surface area contributed by atoms with Gasteiger partial charge in [-0.1, -0.05) is 12.1 Å². The molecule has 2 aliphatic carbocycles. The Labute approximate surface area is 194 Å². The number of nitrogens with one attached hydrogen (secondary N) is 1. The second-order valence-electron chi connectivity index (χ2n) is 10.5. The monoisotopic (exact) mass is 438 g/mol. The number of nitrogens with zero attached hydrogens (tertiary/aromatic N) is 2. The van der Waals surface area contributed by atoms with Crippen LogP contribution in [0.25, 0.3) is 0 Å². The SMILES string of the molecule is CC(=O)c1cccc(NC(=NC2CCC(CC3CCC(N)CC3)CC2)N2CCCCC2)c1. The van der Waals surface area contributed by atoms with Gasteiger partial charge >= 0.3 is 0 Å². The summed E-state index contributed by atoms with van der Waals surface area (Å²) in [6.07, 6.45) is 15.3. The molecule has 0 aromatic heterocycles. The van der Waals surface area contributed by atoms with Gasteiger partial charge in [-0.2, -0.15) is 0 Å². The Morgan fingerprint density at radius 2 is 1.66 bits per heavy atom. The average molecular weight is 439 g/mol. The lowest BCUT2D eigenvalue weighted by Gasteiger charge is -2.34. The summed E-state index contributed by atoms with van der Waals surface area (Å²) in [6, 6.07) is 8.69. The first-order valence-corrected chi connectivity index (χ1v) is 13.0. The van der Waals surface area contributed by atoms with Crippen molar-refractivity contribution in [3.8, 4) is 0 Å². The van der Waals surface area contributed by atoms with Crippen LogP contribution in [0.15, 0.2) is 29.3 Å². The first-order valence-electron chi connectivity index (χ1n) is 13.0. The number of guanidine groups is 1. The van der Waals surface area contributed by atoms with Crippen molar-refractivity contribution in [3.05, 3.63) is 29.8 Å². The number of ketones is 1. The molecule has 176 valence electrons. The van der Waals surface area contributed by atoms with Crippen molar-refractivity contribution in [1.29, 1.82) is 0 Å². The number of benzene rings is 1. The molecule has 2 saturated carbocycles. The van der Waals surface area contributed by atoms with Crippen LogP contribution in [0.4, 0.5) is 5.69 Å². The summed E-state index contributed by atoms with van der Waals surface area (Å²) < 4.78 is 0. The Kier molecular flexibility index (Phi) is 8.23. The van der Waals surface area contributed by atoms with Gasteiger partial charge < -0.3 is 16.0 Å². The molecule has 1 aliphatic heterocycles. The van der Waals surface area contributed by atoms with E-state index in [1.165, 1.54) is 77.0 Å². The lowest BCUT2D eigenvalue weighted by molar-refractivity contribution is 0.101. The molecule has 1 aromatic rings. The van der Waals surface area contributed by atoms with Crippen molar-refractivity contribution in [2.24, 2.45) is 22.6 Å². The predicted octanol–water partition coefficient (Wildman–Crippen LogP) is 5.61. The molecule has 0 spiro atoms. The molecule has 32 heavy (non-hydrogen) atoms. The molecule has 5 nitrogen and oxygen atoms in total. The number of rotatable bonds is 5. The summed E-state index contributed by atoms with van der Waals surface area (Å²) in [6.45, 7) is 3.76. The first-order chi connectivity index (χ1) is 15.6. The number of Topliss-reactive ketones (excluding diaryl/α,β-unsaturated/α-hetero) is 1. The number of anilines is 1. The van der Waals surface area contributed by atoms with Gasteiger partial charge in [0.15, 0.2) is 11.7 Å². The second kappa shape index (κ2) is 11.3. The van der Waals surface area contributed by atoms with E-state index in [9.17, 15) is 4.79 Å². The van der Waals surface area contributed by atoms with Crippen LogP contribution < -0.4 is 11.1 Å². The maximum atomic E-state index is 11.8. The molecule has 0 amide bonds. The van der Waals surface area contributed by atoms with E-state index in [1.54, 1.807) is 6.92 Å². The lowest BCUT2D eigenvalue weighted by Crippen LogP contribution is -2.41. The van der Waals surface area contributed by atoms with Gasteiger partial charge in [0.05, 0.1) is 6.04 Å². The molecule has 3 N–H and O–H groups in total. The van der Waals surface area contributed by atoms with Gasteiger partial charge in [-0.25, -0.2) is 4.99 Å². The van der Waals surface area contributed by atoms with Gasteiger partial charge in [0.25, 0.3) is 0 Å². The van der Waals surface area contributed by atoms with Crippen molar-refractivity contribution < 1.29 is 4.79 Å². The molecule has 1 saturated heterocycles. The fourth-order valence-corrected chi connectivity index (χ4v) is 5.82. The number of carbonyl (C=O) groups excluding carboxylic acids is 1. The highest BCUT2D eigenvalue weighted by atomic mass is 16.1. The van der Waals surface area contributed by atoms with E-state index in [0.717, 1.165) is 42.1 Å². The predicted molar refractivity (Wildman–Crippen MR) is 133 cm³/mol. The van der Waals surface area contributed by atoms with Crippen LogP contribution in [0.1, 0.15) is 94.3 Å². The summed E-state index contributed by atoms with van der Waals surface area (Å²) >= 11 is 0. The molecule has 3 aliphatic rings. The summed E-state index contributed by atoms with van der Waals surface area (Å²) in [5, 5.41) is 3.58. The minimum absolute atomic E-state index is 0.100. The Balaban J connectivity index is 1.37. The lowest BCUT2D eigenvalue weighted by atomic mass is 9.76. The van der Waals surface area contributed by atoms with Gasteiger partial charge in [0.2, 0.25) is 0 Å². The molecule has 0 unspecified atom stereocenters. The van der Waals surface area contributed by atoms with E-state index in [4.69, 9.17) is 10.7 Å². The minimum atomic E-state index is 0.100. The second-order valence-corrected chi connectivity index (χ2v) is 10.5. The van der Waals surface area contributed by atoms with Crippen molar-refractivity contribution in [2.45, 2.75) is 96.1 Å². The molecule has 1 heterocycles. The Bertz CT molecular complexity index is 770. The third-order valence-electron chi connectivity index (χ3n) is 7.86. The normalized spacial score (nSPS) is 29.6. The number of carbonyl (C=O) groups is 1. The fourth-order valence-electron chi connectivity index (χ4n) is 5.82. The van der Waals surface area contributed by atoms with Crippen molar-refractivity contribution >= 4 is 17.4 Å². The van der Waals surface area contributed by atoms with E-state index in [-0.39, 0.29) is 5.78 Å². The summed E-state index contributed by atoms with van der Waals surface area (Å²) in [7, 11) is 0. The topological polar surface area (TPSA) is 70.7 Å². The van der Waals surface area contributed by atoms with Crippen LogP contribution in [-0.4, -0.2) is 41.8 Å². The fraction of sp³-hybridized carbons (Fsp3) is 0.704. The largest absolute Gasteiger partial charge is 0.343 e. The molecular formula is C27H42N4O. The van der Waals surface area contributed by atoms with E-state index in [0.29, 0.717) is 12.1 Å². The zero-order valence-electron chi connectivity index (χ0n) is 19.9. The van der Waals surface area contributed by atoms with Crippen molar-refractivity contribution in [2.75, 3.05) is 18.4 Å². The zero-order chi connectivity index (χ0) is 22.3. The smallest absolute Gasteiger partial charge is 0.198 e. The standard InChI is InChI=1S/C27H42N4O/c1-20(32)23-6-5-7-26(19-23)30-27(31-16-3-2-4-17-31)29-25-14-10-22(11-15-25)18-21-8-12-24(28)13-9-21/h5-7,19,21-22,24-25H,2-4,8-18,28H2,1H3,(H,29,30). The Morgan fingerprint density at radius 1 is 1.00 bits per heavy atom. The quantitative estimate of drug-likeness (QED) is 0.356. The third-order valence-corrected chi connectivity index (χ3v) is 7.86. The van der Waals surface area contributed by atoms with Crippen LogP contribution in [0, 0.1) is 11.8 Å². The molecule has 0 bridgehead atoms. The van der Waals surface area contributed by atoms with Crippen LogP contribution in [0.3, 0.4) is 0 Å². The Hall–Kier alpha value is -1.88. The van der Waals surface area contributed by atoms with Gasteiger partial charge in [-0.3, -0.25) is 4.79 Å². The molecule has 0 atom stereocenters. The van der Waals surface area contributed by atoms with E-state index in [1.807, 2.05) is 24.3 Å². The minimum Gasteiger partial charge on any atom is -0.343 e. The first kappa shape index (κ1) is 23.3. The molecule has 5 heteroatoms. The van der Waals surface area contributed by atoms with Crippen LogP contribution in [-0.2, 0) is 0 Å². The summed E-state index contributed by atoms with van der Waals surface area (Å²) in [4.78, 5) is 19.5. The van der Waals surface area contributed by atoms with E-state index >= 15 is 0 Å². The maximum Gasteiger partial charge on any atom is 0.198 e. The van der Waals surface area contributed by atoms with Crippen LogP contribution >= 0.6 is 0 Å². The average Bonchev–Trinajstić information content (AvgIpc) is 2.82. The number of hydrogen-bond acceptors (Lipinski definition) is 3. The van der Waals surface area contributed by atoms with Crippen LogP contribution in [0.5, 0.6) is 0 Å². The summed E-state index contributed by atoms with van der Waals surface area (Å²) in [5.41, 5.74) is 7.80. The van der Waals surface area contributed by atoms with Crippen molar-refractivity contribution in [1.82, 2.24) is 4.90 Å². The number of aliphatic imine (C=N–C) groups is 1. The van der Waals surface area contributed by atoms with E-state index in [2.05, 4.69) is 10.2 Å². The molecule has 0 radical (unpaired) electrons. The number of likely N-dealkylation sites (tertiary alicyclic amines) is 1. The van der Waals surface area contributed by atoms with Crippen molar-refractivity contribution in [3.63, 3.8) is 0 Å². The highest BCUT2D eigenvalue weighted by Crippen LogP contribution is 2.36. The third kappa shape index (κ3) is 6.57. The Morgan fingerprint density at radius 3 is 2.31 bits per heavy atom. The van der Waals surface area contributed by atoms with Crippen LogP contribution in [0.2, 0.25) is 0 Å². The van der Waals surface area contributed by atoms with Gasteiger partial charge in [-0.05, 0) is 108 Å². The number of hydrogen-bond donors (Lipinski definition) is 2. The molecule has 1 aromatic carbocycles. The molecular weight excluding hydrogens is 396 g/mol. The highest BCUT2D eigenvalue weighted by Gasteiger charge is 2.27. The van der Waals surface area contributed by atoms with Gasteiger partial charge in [0, 0.05) is 30.4 Å². The molecule has 3 fully saturated rings. The maximum absolute atomic E-state index is 11.8. The van der Waals surface area contributed by atoms with Gasteiger partial charge in [-0.15, -0.1) is 0 Å². The van der Waals surface area contributed by atoms with Gasteiger partial charge in [0.1, 0.15) is 0 Å².